The lowest BCUT2D eigenvalue weighted by molar-refractivity contribution is -0.134. The number of thiophene rings is 1. The number of nitrogens with zero attached hydrogens (tertiary/aromatic N) is 3. The molecule has 4 rings (SSSR count). The van der Waals surface area contributed by atoms with E-state index >= 15 is 0 Å². The van der Waals surface area contributed by atoms with Crippen molar-refractivity contribution in [2.24, 2.45) is 0 Å². The second-order valence-electron chi connectivity index (χ2n) is 6.28. The second kappa shape index (κ2) is 7.14. The molecule has 1 aromatic carbocycles. The first kappa shape index (κ1) is 18.8. The Hall–Kier alpha value is -1.52. The Morgan fingerprint density at radius 2 is 2.07 bits per heavy atom. The maximum atomic E-state index is 13.0. The molecule has 1 saturated heterocycles. The molecule has 142 valence electrons. The van der Waals surface area contributed by atoms with E-state index in [0.717, 1.165) is 20.8 Å². The molecule has 1 aliphatic heterocycles. The Balaban J connectivity index is 1.52. The molecule has 0 N–H and O–H groups in total. The highest BCUT2D eigenvalue weighted by atomic mass is 35.5. The number of rotatable bonds is 4. The van der Waals surface area contributed by atoms with Gasteiger partial charge in [-0.2, -0.15) is 4.31 Å². The van der Waals surface area contributed by atoms with Gasteiger partial charge in [-0.3, -0.25) is 4.79 Å². The molecule has 10 heteroatoms. The number of aryl methyl sites for hydroxylation is 1. The van der Waals surface area contributed by atoms with Crippen molar-refractivity contribution in [2.45, 2.75) is 17.7 Å². The van der Waals surface area contributed by atoms with Gasteiger partial charge in [0.2, 0.25) is 5.91 Å². The van der Waals surface area contributed by atoms with Crippen LogP contribution in [-0.4, -0.2) is 48.1 Å². The first-order valence-electron chi connectivity index (χ1n) is 8.21. The van der Waals surface area contributed by atoms with Gasteiger partial charge in [-0.15, -0.1) is 22.7 Å². The summed E-state index contributed by atoms with van der Waals surface area (Å²) in [5.74, 6) is -0.207. The molecule has 2 aromatic heterocycles. The van der Waals surface area contributed by atoms with Crippen LogP contribution in [-0.2, 0) is 21.4 Å². The molecule has 1 amide bonds. The summed E-state index contributed by atoms with van der Waals surface area (Å²) < 4.78 is 28.3. The van der Waals surface area contributed by atoms with E-state index in [1.165, 1.54) is 27.0 Å². The van der Waals surface area contributed by atoms with E-state index in [9.17, 15) is 13.2 Å². The van der Waals surface area contributed by atoms with Gasteiger partial charge >= 0.3 is 0 Å². The number of amides is 1. The lowest BCUT2D eigenvalue weighted by Crippen LogP contribution is -2.51. The van der Waals surface area contributed by atoms with Crippen molar-refractivity contribution in [1.29, 1.82) is 0 Å². The Labute approximate surface area is 170 Å². The molecule has 3 aromatic rings. The normalized spacial score (nSPS) is 16.4. The zero-order valence-corrected chi connectivity index (χ0v) is 17.6. The molecule has 6 nitrogen and oxygen atoms in total. The van der Waals surface area contributed by atoms with Crippen molar-refractivity contribution in [2.75, 3.05) is 19.6 Å². The van der Waals surface area contributed by atoms with Crippen molar-refractivity contribution in [3.05, 3.63) is 45.4 Å². The van der Waals surface area contributed by atoms with Crippen molar-refractivity contribution in [3.8, 4) is 0 Å². The number of benzene rings is 1. The lowest BCUT2D eigenvalue weighted by Gasteiger charge is -2.32. The number of piperazine rings is 1. The van der Waals surface area contributed by atoms with E-state index in [-0.39, 0.29) is 23.2 Å². The van der Waals surface area contributed by atoms with Crippen molar-refractivity contribution in [3.63, 3.8) is 0 Å². The molecule has 0 saturated carbocycles. The molecule has 1 fully saturated rings. The van der Waals surface area contributed by atoms with Gasteiger partial charge in [0, 0.05) is 33.9 Å². The van der Waals surface area contributed by atoms with Gasteiger partial charge < -0.3 is 4.90 Å². The highest BCUT2D eigenvalue weighted by molar-refractivity contribution is 7.91. The van der Waals surface area contributed by atoms with Gasteiger partial charge in [-0.1, -0.05) is 17.7 Å². The van der Waals surface area contributed by atoms with Crippen molar-refractivity contribution in [1.82, 2.24) is 14.2 Å². The molecule has 0 radical (unpaired) electrons. The standard InChI is InChI=1S/C17H16ClN3O3S3/c1-11-10-25-15(19-11)8-20-4-5-21(9-16(20)22)27(23,24)17-6-12-2-3-13(18)7-14(12)26-17/h2-3,6-7,10H,4-5,8-9H2,1H3. The van der Waals surface area contributed by atoms with E-state index in [1.54, 1.807) is 29.2 Å². The number of fused-ring (bicyclic) bond motifs is 1. The summed E-state index contributed by atoms with van der Waals surface area (Å²) in [5, 5.41) is 4.19. The zero-order valence-electron chi connectivity index (χ0n) is 14.4. The average molecular weight is 442 g/mol. The molecular formula is C17H16ClN3O3S3. The molecule has 0 aliphatic carbocycles. The van der Waals surface area contributed by atoms with Gasteiger partial charge in [0.15, 0.2) is 0 Å². The van der Waals surface area contributed by atoms with Crippen molar-refractivity contribution < 1.29 is 13.2 Å². The van der Waals surface area contributed by atoms with Gasteiger partial charge in [0.25, 0.3) is 10.0 Å². The van der Waals surface area contributed by atoms with Crippen LogP contribution < -0.4 is 0 Å². The zero-order chi connectivity index (χ0) is 19.2. The number of carbonyl (C=O) groups is 1. The third-order valence-corrected chi connectivity index (χ3v) is 8.91. The average Bonchev–Trinajstić information content (AvgIpc) is 3.22. The summed E-state index contributed by atoms with van der Waals surface area (Å²) in [4.78, 5) is 18.5. The van der Waals surface area contributed by atoms with Gasteiger partial charge in [0.05, 0.1) is 13.1 Å². The number of sulfonamides is 1. The Morgan fingerprint density at radius 1 is 1.26 bits per heavy atom. The summed E-state index contributed by atoms with van der Waals surface area (Å²) in [5.41, 5.74) is 0.925. The number of carbonyl (C=O) groups excluding carboxylic acids is 1. The van der Waals surface area contributed by atoms with Gasteiger partial charge in [-0.25, -0.2) is 13.4 Å². The molecular weight excluding hydrogens is 426 g/mol. The number of hydrogen-bond donors (Lipinski definition) is 0. The Kier molecular flexibility index (Phi) is 4.98. The SMILES string of the molecule is Cc1csc(CN2CCN(S(=O)(=O)c3cc4ccc(Cl)cc4s3)CC2=O)n1. The van der Waals surface area contributed by atoms with Crippen LogP contribution in [0.4, 0.5) is 0 Å². The fourth-order valence-electron chi connectivity index (χ4n) is 2.93. The third kappa shape index (κ3) is 3.74. The van der Waals surface area contributed by atoms with E-state index in [0.29, 0.717) is 18.1 Å². The van der Waals surface area contributed by atoms with E-state index < -0.39 is 10.0 Å². The maximum Gasteiger partial charge on any atom is 0.253 e. The van der Waals surface area contributed by atoms with E-state index in [1.807, 2.05) is 12.3 Å². The fourth-order valence-corrected chi connectivity index (χ4v) is 6.93. The molecule has 3 heterocycles. The third-order valence-electron chi connectivity index (χ3n) is 4.33. The maximum absolute atomic E-state index is 13.0. The van der Waals surface area contributed by atoms with Crippen molar-refractivity contribution >= 4 is 60.3 Å². The summed E-state index contributed by atoms with van der Waals surface area (Å²) in [7, 11) is -3.71. The van der Waals surface area contributed by atoms with Crippen LogP contribution in [0, 0.1) is 6.92 Å². The van der Waals surface area contributed by atoms with Crippen LogP contribution in [0.5, 0.6) is 0 Å². The molecule has 0 atom stereocenters. The monoisotopic (exact) mass is 441 g/mol. The minimum Gasteiger partial charge on any atom is -0.333 e. The number of aromatic nitrogens is 1. The Bertz CT molecular complexity index is 1120. The van der Waals surface area contributed by atoms with Gasteiger partial charge in [-0.05, 0) is 30.5 Å². The second-order valence-corrected chi connectivity index (χ2v) is 10.9. The number of halogens is 1. The van der Waals surface area contributed by atoms with Crippen LogP contribution in [0.15, 0.2) is 33.9 Å². The van der Waals surface area contributed by atoms with Crippen LogP contribution in [0.25, 0.3) is 10.1 Å². The molecule has 1 aliphatic rings. The van der Waals surface area contributed by atoms with E-state index in [2.05, 4.69) is 4.98 Å². The minimum atomic E-state index is -3.71. The first-order chi connectivity index (χ1) is 12.8. The topological polar surface area (TPSA) is 70.6 Å². The lowest BCUT2D eigenvalue weighted by atomic mass is 10.3. The largest absolute Gasteiger partial charge is 0.333 e. The molecule has 27 heavy (non-hydrogen) atoms. The van der Waals surface area contributed by atoms with E-state index in [4.69, 9.17) is 11.6 Å². The minimum absolute atomic E-state index is 0.151. The Morgan fingerprint density at radius 3 is 2.78 bits per heavy atom. The number of thiazole rings is 1. The molecule has 0 bridgehead atoms. The summed E-state index contributed by atoms with van der Waals surface area (Å²) in [6, 6.07) is 6.92. The highest BCUT2D eigenvalue weighted by Gasteiger charge is 2.34. The summed E-state index contributed by atoms with van der Waals surface area (Å²) in [6.07, 6.45) is 0. The molecule has 0 unspecified atom stereocenters. The van der Waals surface area contributed by atoms with Gasteiger partial charge in [0.1, 0.15) is 9.22 Å². The quantitative estimate of drug-likeness (QED) is 0.622. The smallest absolute Gasteiger partial charge is 0.253 e. The van der Waals surface area contributed by atoms with Crippen LogP contribution >= 0.6 is 34.3 Å². The first-order valence-corrected chi connectivity index (χ1v) is 11.7. The molecule has 0 spiro atoms. The predicted molar refractivity (Wildman–Crippen MR) is 108 cm³/mol. The van der Waals surface area contributed by atoms with Crippen LogP contribution in [0.2, 0.25) is 5.02 Å². The highest BCUT2D eigenvalue weighted by Crippen LogP contribution is 2.33. The predicted octanol–water partition coefficient (Wildman–Crippen LogP) is 3.35. The van der Waals surface area contributed by atoms with Crippen LogP contribution in [0.3, 0.4) is 0 Å². The van der Waals surface area contributed by atoms with Crippen LogP contribution in [0.1, 0.15) is 10.7 Å². The number of hydrogen-bond acceptors (Lipinski definition) is 6. The summed E-state index contributed by atoms with van der Waals surface area (Å²) in [6.45, 7) is 2.81. The fraction of sp³-hybridized carbons (Fsp3) is 0.294. The summed E-state index contributed by atoms with van der Waals surface area (Å²) >= 11 is 8.66.